The SMILES string of the molecule is CS(=O)(=O)c1cccc2c1c(=O)c(C(=O)O)nn2-c1ccc(F)cc1. The number of carboxylic acids is 1. The van der Waals surface area contributed by atoms with Gasteiger partial charge in [-0.05, 0) is 36.4 Å². The molecule has 2 aromatic carbocycles. The average molecular weight is 362 g/mol. The third-order valence-electron chi connectivity index (χ3n) is 3.55. The third kappa shape index (κ3) is 2.89. The van der Waals surface area contributed by atoms with Crippen LogP contribution in [0.1, 0.15) is 10.5 Å². The highest BCUT2D eigenvalue weighted by atomic mass is 32.2. The summed E-state index contributed by atoms with van der Waals surface area (Å²) < 4.78 is 38.3. The molecule has 9 heteroatoms. The van der Waals surface area contributed by atoms with Gasteiger partial charge in [-0.3, -0.25) is 4.79 Å². The fourth-order valence-electron chi connectivity index (χ4n) is 2.47. The smallest absolute Gasteiger partial charge is 0.360 e. The number of halogens is 1. The van der Waals surface area contributed by atoms with E-state index in [0.29, 0.717) is 0 Å². The summed E-state index contributed by atoms with van der Waals surface area (Å²) in [6.07, 6.45) is 0.921. The minimum absolute atomic E-state index is 0.101. The van der Waals surface area contributed by atoms with Crippen LogP contribution in [0.15, 0.2) is 52.2 Å². The second-order valence-electron chi connectivity index (χ2n) is 5.29. The summed E-state index contributed by atoms with van der Waals surface area (Å²) in [5, 5.41) is 12.8. The lowest BCUT2D eigenvalue weighted by Gasteiger charge is -2.12. The number of rotatable bonds is 3. The highest BCUT2D eigenvalue weighted by molar-refractivity contribution is 7.91. The van der Waals surface area contributed by atoms with E-state index in [0.717, 1.165) is 23.1 Å². The molecule has 3 aromatic rings. The molecule has 0 unspecified atom stereocenters. The van der Waals surface area contributed by atoms with E-state index in [9.17, 15) is 27.5 Å². The van der Waals surface area contributed by atoms with Crippen LogP contribution in [-0.4, -0.2) is 35.5 Å². The lowest BCUT2D eigenvalue weighted by molar-refractivity contribution is 0.0687. The number of nitrogens with zero attached hydrogens (tertiary/aromatic N) is 2. The Labute approximate surface area is 140 Å². The molecule has 1 N–H and O–H groups in total. The number of carbonyl (C=O) groups is 1. The van der Waals surface area contributed by atoms with Gasteiger partial charge < -0.3 is 5.11 Å². The molecular formula is C16H11FN2O5S. The molecular weight excluding hydrogens is 351 g/mol. The van der Waals surface area contributed by atoms with Crippen LogP contribution in [0, 0.1) is 5.82 Å². The van der Waals surface area contributed by atoms with Crippen molar-refractivity contribution in [3.8, 4) is 5.69 Å². The number of aromatic nitrogens is 2. The summed E-state index contributed by atoms with van der Waals surface area (Å²) in [5.74, 6) is -2.10. The van der Waals surface area contributed by atoms with Crippen molar-refractivity contribution in [2.24, 2.45) is 0 Å². The molecule has 0 atom stereocenters. The molecule has 0 aliphatic heterocycles. The number of sulfone groups is 1. The fourth-order valence-corrected chi connectivity index (χ4v) is 3.36. The van der Waals surface area contributed by atoms with Crippen LogP contribution >= 0.6 is 0 Å². The molecule has 0 fully saturated rings. The van der Waals surface area contributed by atoms with Crippen LogP contribution < -0.4 is 5.43 Å². The number of hydrogen-bond acceptors (Lipinski definition) is 5. The maximum Gasteiger partial charge on any atom is 0.360 e. The second kappa shape index (κ2) is 5.78. The van der Waals surface area contributed by atoms with Crippen molar-refractivity contribution in [3.05, 3.63) is 64.2 Å². The van der Waals surface area contributed by atoms with Gasteiger partial charge in [0, 0.05) is 6.26 Å². The van der Waals surface area contributed by atoms with Gasteiger partial charge in [-0.1, -0.05) is 6.07 Å². The van der Waals surface area contributed by atoms with Crippen LogP contribution in [0.25, 0.3) is 16.6 Å². The predicted octanol–water partition coefficient (Wildman–Crippen LogP) is 1.63. The molecule has 7 nitrogen and oxygen atoms in total. The van der Waals surface area contributed by atoms with Gasteiger partial charge in [0.2, 0.25) is 11.1 Å². The molecule has 0 spiro atoms. The third-order valence-corrected chi connectivity index (χ3v) is 4.69. The van der Waals surface area contributed by atoms with Crippen molar-refractivity contribution in [2.45, 2.75) is 4.90 Å². The Morgan fingerprint density at radius 2 is 1.80 bits per heavy atom. The maximum absolute atomic E-state index is 13.2. The fraction of sp³-hybridized carbons (Fsp3) is 0.0625. The summed E-state index contributed by atoms with van der Waals surface area (Å²) in [7, 11) is -3.79. The Hall–Kier alpha value is -3.07. The summed E-state index contributed by atoms with van der Waals surface area (Å²) in [5.41, 5.74) is -1.45. The Bertz CT molecular complexity index is 1170. The number of hydrogen-bond donors (Lipinski definition) is 1. The van der Waals surface area contributed by atoms with Gasteiger partial charge in [0.15, 0.2) is 9.84 Å². The highest BCUT2D eigenvalue weighted by Crippen LogP contribution is 2.22. The monoisotopic (exact) mass is 362 g/mol. The van der Waals surface area contributed by atoms with Crippen molar-refractivity contribution < 1.29 is 22.7 Å². The summed E-state index contributed by atoms with van der Waals surface area (Å²) in [6.45, 7) is 0. The van der Waals surface area contributed by atoms with Crippen LogP contribution in [0.4, 0.5) is 4.39 Å². The van der Waals surface area contributed by atoms with Crippen molar-refractivity contribution in [1.29, 1.82) is 0 Å². The van der Waals surface area contributed by atoms with E-state index in [-0.39, 0.29) is 21.5 Å². The minimum atomic E-state index is -3.79. The molecule has 0 saturated carbocycles. The topological polar surface area (TPSA) is 106 Å². The zero-order valence-corrected chi connectivity index (χ0v) is 13.6. The van der Waals surface area contributed by atoms with Gasteiger partial charge in [-0.25, -0.2) is 22.3 Å². The van der Waals surface area contributed by atoms with Crippen LogP contribution in [0.5, 0.6) is 0 Å². The van der Waals surface area contributed by atoms with E-state index >= 15 is 0 Å². The lowest BCUT2D eigenvalue weighted by Crippen LogP contribution is -2.23. The minimum Gasteiger partial charge on any atom is -0.476 e. The quantitative estimate of drug-likeness (QED) is 0.759. The molecule has 0 aliphatic carbocycles. The molecule has 128 valence electrons. The van der Waals surface area contributed by atoms with Crippen molar-refractivity contribution in [1.82, 2.24) is 9.78 Å². The van der Waals surface area contributed by atoms with Crippen LogP contribution in [-0.2, 0) is 9.84 Å². The molecule has 25 heavy (non-hydrogen) atoms. The van der Waals surface area contributed by atoms with Crippen LogP contribution in [0.3, 0.4) is 0 Å². The van der Waals surface area contributed by atoms with Gasteiger partial charge in [-0.2, -0.15) is 5.10 Å². The van der Waals surface area contributed by atoms with Crippen molar-refractivity contribution in [3.63, 3.8) is 0 Å². The molecule has 3 rings (SSSR count). The van der Waals surface area contributed by atoms with Crippen molar-refractivity contribution >= 4 is 26.7 Å². The standard InChI is InChI=1S/C16H11FN2O5S/c1-25(23,24)12-4-2-3-11-13(12)15(20)14(16(21)22)18-19(11)10-7-5-9(17)6-8-10/h2-8H,1H3,(H,21,22). The first kappa shape index (κ1) is 16.8. The maximum atomic E-state index is 13.2. The summed E-state index contributed by atoms with van der Waals surface area (Å²) >= 11 is 0. The number of carboxylic acid groups (broad SMARTS) is 1. The van der Waals surface area contributed by atoms with Crippen LogP contribution in [0.2, 0.25) is 0 Å². The normalized spacial score (nSPS) is 11.6. The Morgan fingerprint density at radius 3 is 2.36 bits per heavy atom. The number of aromatic carboxylic acids is 1. The van der Waals surface area contributed by atoms with E-state index in [4.69, 9.17) is 0 Å². The Kier molecular flexibility index (Phi) is 3.88. The molecule has 0 saturated heterocycles. The molecule has 0 bridgehead atoms. The number of benzene rings is 2. The molecule has 1 heterocycles. The predicted molar refractivity (Wildman–Crippen MR) is 87.4 cm³/mol. The van der Waals surface area contributed by atoms with E-state index in [1.165, 1.54) is 30.3 Å². The first-order valence-electron chi connectivity index (χ1n) is 6.95. The molecule has 0 amide bonds. The van der Waals surface area contributed by atoms with Crippen molar-refractivity contribution in [2.75, 3.05) is 6.26 Å². The lowest BCUT2D eigenvalue weighted by atomic mass is 10.2. The highest BCUT2D eigenvalue weighted by Gasteiger charge is 2.22. The van der Waals surface area contributed by atoms with Gasteiger partial charge in [0.1, 0.15) is 5.82 Å². The molecule has 1 aromatic heterocycles. The zero-order chi connectivity index (χ0) is 18.4. The van der Waals surface area contributed by atoms with Gasteiger partial charge >= 0.3 is 5.97 Å². The molecule has 0 aliphatic rings. The Balaban J connectivity index is 2.54. The summed E-state index contributed by atoms with van der Waals surface area (Å²) in [6, 6.07) is 9.03. The van der Waals surface area contributed by atoms with Gasteiger partial charge in [0.25, 0.3) is 0 Å². The Morgan fingerprint density at radius 1 is 1.16 bits per heavy atom. The van der Waals surface area contributed by atoms with E-state index in [1.54, 1.807) is 0 Å². The average Bonchev–Trinajstić information content (AvgIpc) is 2.54. The first-order chi connectivity index (χ1) is 11.7. The largest absolute Gasteiger partial charge is 0.476 e. The van der Waals surface area contributed by atoms with Gasteiger partial charge in [-0.15, -0.1) is 0 Å². The number of fused-ring (bicyclic) bond motifs is 1. The van der Waals surface area contributed by atoms with Gasteiger partial charge in [0.05, 0.1) is 21.5 Å². The van der Waals surface area contributed by atoms with E-state index in [1.807, 2.05) is 0 Å². The summed E-state index contributed by atoms with van der Waals surface area (Å²) in [4.78, 5) is 23.6. The molecule has 0 radical (unpaired) electrons. The second-order valence-corrected chi connectivity index (χ2v) is 7.28. The zero-order valence-electron chi connectivity index (χ0n) is 12.8. The van der Waals surface area contributed by atoms with E-state index in [2.05, 4.69) is 5.10 Å². The first-order valence-corrected chi connectivity index (χ1v) is 8.84. The van der Waals surface area contributed by atoms with E-state index < -0.39 is 32.7 Å².